The Hall–Kier alpha value is -2.92. The number of nitrogens with one attached hydrogen (secondary N) is 1. The van der Waals surface area contributed by atoms with E-state index in [1.54, 1.807) is 6.07 Å². The predicted octanol–water partition coefficient (Wildman–Crippen LogP) is 0.743. The van der Waals surface area contributed by atoms with Gasteiger partial charge in [0.2, 0.25) is 5.91 Å². The van der Waals surface area contributed by atoms with Gasteiger partial charge >= 0.3 is 11.9 Å². The second kappa shape index (κ2) is 10.4. The standard InChI is InChI=1S/C20H23N3O7S/c1-28-17(25)9-21-16(24)11-31-20-22-15-8-12(19(27)29-2)5-6-14(15)18(26)23(20)10-13-4-3-7-30-13/h5-6,8,13H,3-4,7,9-11H2,1-2H3,(H,21,24). The van der Waals surface area contributed by atoms with Gasteiger partial charge in [0.25, 0.3) is 5.56 Å². The molecule has 166 valence electrons. The van der Waals surface area contributed by atoms with Crippen molar-refractivity contribution in [1.29, 1.82) is 0 Å². The van der Waals surface area contributed by atoms with Gasteiger partial charge in [0, 0.05) is 6.61 Å². The molecule has 1 saturated heterocycles. The summed E-state index contributed by atoms with van der Waals surface area (Å²) in [7, 11) is 2.50. The molecular formula is C20H23N3O7S. The molecule has 1 fully saturated rings. The molecule has 1 atom stereocenters. The van der Waals surface area contributed by atoms with E-state index in [4.69, 9.17) is 9.47 Å². The summed E-state index contributed by atoms with van der Waals surface area (Å²) in [5.74, 6) is -1.56. The SMILES string of the molecule is COC(=O)CNC(=O)CSc1nc2cc(C(=O)OC)ccc2c(=O)n1CC1CCCO1. The number of hydrogen-bond donors (Lipinski definition) is 1. The first-order chi connectivity index (χ1) is 14.9. The van der Waals surface area contributed by atoms with Gasteiger partial charge in [-0.3, -0.25) is 19.0 Å². The topological polar surface area (TPSA) is 126 Å². The van der Waals surface area contributed by atoms with Crippen LogP contribution in [0.4, 0.5) is 0 Å². The van der Waals surface area contributed by atoms with Gasteiger partial charge in [-0.1, -0.05) is 11.8 Å². The molecule has 2 aromatic rings. The van der Waals surface area contributed by atoms with E-state index in [0.29, 0.717) is 29.2 Å². The molecule has 1 aliphatic heterocycles. The minimum Gasteiger partial charge on any atom is -0.468 e. The number of aromatic nitrogens is 2. The molecule has 3 rings (SSSR count). The molecule has 1 unspecified atom stereocenters. The molecule has 1 aromatic heterocycles. The Balaban J connectivity index is 1.90. The third kappa shape index (κ3) is 5.61. The number of hydrogen-bond acceptors (Lipinski definition) is 9. The number of rotatable bonds is 8. The minimum absolute atomic E-state index is 0.0584. The Morgan fingerprint density at radius 3 is 2.77 bits per heavy atom. The molecule has 31 heavy (non-hydrogen) atoms. The van der Waals surface area contributed by atoms with Gasteiger partial charge in [0.1, 0.15) is 6.54 Å². The second-order valence-corrected chi connectivity index (χ2v) is 7.75. The average Bonchev–Trinajstić information content (AvgIpc) is 3.30. The number of esters is 2. The fourth-order valence-electron chi connectivity index (χ4n) is 3.13. The van der Waals surface area contributed by atoms with E-state index >= 15 is 0 Å². The van der Waals surface area contributed by atoms with Crippen LogP contribution < -0.4 is 10.9 Å². The molecule has 1 N–H and O–H groups in total. The van der Waals surface area contributed by atoms with E-state index in [0.717, 1.165) is 24.6 Å². The fraction of sp³-hybridized carbons (Fsp3) is 0.450. The lowest BCUT2D eigenvalue weighted by Crippen LogP contribution is -2.32. The van der Waals surface area contributed by atoms with Crippen LogP contribution in [-0.2, 0) is 30.3 Å². The highest BCUT2D eigenvalue weighted by atomic mass is 32.2. The normalized spacial score (nSPS) is 15.6. The maximum atomic E-state index is 13.2. The third-order valence-corrected chi connectivity index (χ3v) is 5.72. The smallest absolute Gasteiger partial charge is 0.337 e. The van der Waals surface area contributed by atoms with Crippen molar-refractivity contribution in [3.05, 3.63) is 34.1 Å². The summed E-state index contributed by atoms with van der Waals surface area (Å²) < 4.78 is 16.4. The van der Waals surface area contributed by atoms with E-state index in [2.05, 4.69) is 15.0 Å². The molecule has 11 heteroatoms. The van der Waals surface area contributed by atoms with Crippen LogP contribution in [0.15, 0.2) is 28.2 Å². The van der Waals surface area contributed by atoms with Gasteiger partial charge in [-0.25, -0.2) is 9.78 Å². The van der Waals surface area contributed by atoms with Crippen molar-refractivity contribution in [1.82, 2.24) is 14.9 Å². The Labute approximate surface area is 182 Å². The summed E-state index contributed by atoms with van der Waals surface area (Å²) >= 11 is 1.06. The largest absolute Gasteiger partial charge is 0.468 e. The Kier molecular flexibility index (Phi) is 7.64. The Morgan fingerprint density at radius 1 is 1.29 bits per heavy atom. The number of carbonyl (C=O) groups excluding carboxylic acids is 3. The van der Waals surface area contributed by atoms with E-state index in [1.807, 2.05) is 0 Å². The van der Waals surface area contributed by atoms with E-state index in [9.17, 15) is 19.2 Å². The highest BCUT2D eigenvalue weighted by Gasteiger charge is 2.21. The second-order valence-electron chi connectivity index (χ2n) is 6.81. The summed E-state index contributed by atoms with van der Waals surface area (Å²) in [6.45, 7) is 0.709. The molecule has 1 aliphatic rings. The number of carbonyl (C=O) groups is 3. The molecule has 0 saturated carbocycles. The van der Waals surface area contributed by atoms with Crippen molar-refractivity contribution in [3.63, 3.8) is 0 Å². The van der Waals surface area contributed by atoms with Crippen molar-refractivity contribution in [2.24, 2.45) is 0 Å². The lowest BCUT2D eigenvalue weighted by molar-refractivity contribution is -0.140. The summed E-state index contributed by atoms with van der Waals surface area (Å²) in [6.07, 6.45) is 1.63. The first-order valence-electron chi connectivity index (χ1n) is 9.63. The van der Waals surface area contributed by atoms with Gasteiger partial charge in [-0.2, -0.15) is 0 Å². The number of ether oxygens (including phenoxy) is 3. The summed E-state index contributed by atoms with van der Waals surface area (Å²) in [5, 5.41) is 3.12. The lowest BCUT2D eigenvalue weighted by Gasteiger charge is -2.16. The van der Waals surface area contributed by atoms with Gasteiger partial charge in [-0.05, 0) is 31.0 Å². The van der Waals surface area contributed by atoms with Crippen LogP contribution in [-0.4, -0.2) is 66.6 Å². The van der Waals surface area contributed by atoms with Gasteiger partial charge < -0.3 is 19.5 Å². The summed E-state index contributed by atoms with van der Waals surface area (Å²) in [5.41, 5.74) is 0.314. The molecule has 0 spiro atoms. The molecule has 1 aromatic carbocycles. The molecule has 1 amide bonds. The quantitative estimate of drug-likeness (QED) is 0.353. The van der Waals surface area contributed by atoms with Crippen LogP contribution >= 0.6 is 11.8 Å². The van der Waals surface area contributed by atoms with Crippen molar-refractivity contribution in [3.8, 4) is 0 Å². The van der Waals surface area contributed by atoms with Crippen LogP contribution in [0.3, 0.4) is 0 Å². The Bertz CT molecular complexity index is 1050. The van der Waals surface area contributed by atoms with Crippen molar-refractivity contribution in [2.45, 2.75) is 30.6 Å². The number of thioether (sulfide) groups is 1. The Morgan fingerprint density at radius 2 is 2.10 bits per heavy atom. The predicted molar refractivity (Wildman–Crippen MR) is 112 cm³/mol. The third-order valence-electron chi connectivity index (χ3n) is 4.74. The number of nitrogens with zero attached hydrogens (tertiary/aromatic N) is 2. The summed E-state index contributed by atoms with van der Waals surface area (Å²) in [6, 6.07) is 4.54. The molecule has 10 nitrogen and oxygen atoms in total. The van der Waals surface area contributed by atoms with Crippen LogP contribution in [0.1, 0.15) is 23.2 Å². The zero-order chi connectivity index (χ0) is 22.4. The minimum atomic E-state index is -0.562. The van der Waals surface area contributed by atoms with Crippen LogP contribution in [0.5, 0.6) is 0 Å². The number of fused-ring (bicyclic) bond motifs is 1. The highest BCUT2D eigenvalue weighted by molar-refractivity contribution is 7.99. The van der Waals surface area contributed by atoms with Crippen LogP contribution in [0, 0.1) is 0 Å². The lowest BCUT2D eigenvalue weighted by atomic mass is 10.1. The van der Waals surface area contributed by atoms with Crippen molar-refractivity contribution in [2.75, 3.05) is 33.1 Å². The highest BCUT2D eigenvalue weighted by Crippen LogP contribution is 2.21. The zero-order valence-electron chi connectivity index (χ0n) is 17.2. The van der Waals surface area contributed by atoms with Gasteiger partial charge in [-0.15, -0.1) is 0 Å². The number of benzene rings is 1. The van der Waals surface area contributed by atoms with Gasteiger partial charge in [0.15, 0.2) is 5.16 Å². The van der Waals surface area contributed by atoms with Crippen LogP contribution in [0.2, 0.25) is 0 Å². The average molecular weight is 449 g/mol. The van der Waals surface area contributed by atoms with Crippen molar-refractivity contribution < 1.29 is 28.6 Å². The van der Waals surface area contributed by atoms with Crippen LogP contribution in [0.25, 0.3) is 10.9 Å². The zero-order valence-corrected chi connectivity index (χ0v) is 18.0. The maximum absolute atomic E-state index is 13.2. The van der Waals surface area contributed by atoms with E-state index in [1.165, 1.54) is 30.9 Å². The number of amides is 1. The molecule has 2 heterocycles. The number of methoxy groups -OCH3 is 2. The maximum Gasteiger partial charge on any atom is 0.337 e. The van der Waals surface area contributed by atoms with E-state index in [-0.39, 0.29) is 29.5 Å². The first kappa shape index (κ1) is 22.8. The van der Waals surface area contributed by atoms with Gasteiger partial charge in [0.05, 0.1) is 49.1 Å². The molecule has 0 aliphatic carbocycles. The summed E-state index contributed by atoms with van der Waals surface area (Å²) in [4.78, 5) is 52.8. The fourth-order valence-corrected chi connectivity index (χ4v) is 3.97. The molecular weight excluding hydrogens is 426 g/mol. The monoisotopic (exact) mass is 449 g/mol. The van der Waals surface area contributed by atoms with E-state index < -0.39 is 17.8 Å². The van der Waals surface area contributed by atoms with Crippen molar-refractivity contribution >= 4 is 40.5 Å². The molecule has 0 radical (unpaired) electrons. The first-order valence-corrected chi connectivity index (χ1v) is 10.6. The molecule has 0 bridgehead atoms.